The molecule has 0 bridgehead atoms. The Bertz CT molecular complexity index is 303. The Morgan fingerprint density at radius 2 is 2.14 bits per heavy atom. The predicted molar refractivity (Wildman–Crippen MR) is 53.8 cm³/mol. The Kier molecular flexibility index (Phi) is 2.79. The zero-order valence-electron chi connectivity index (χ0n) is 7.70. The van der Waals surface area contributed by atoms with Crippen LogP contribution in [0.2, 0.25) is 5.28 Å². The highest BCUT2D eigenvalue weighted by atomic mass is 35.5. The lowest BCUT2D eigenvalue weighted by Crippen LogP contribution is -2.28. The van der Waals surface area contributed by atoms with Gasteiger partial charge < -0.3 is 11.1 Å². The first-order valence-corrected chi connectivity index (χ1v) is 5.04. The largest absolute Gasteiger partial charge is 0.368 e. The minimum atomic E-state index is 0.167. The molecule has 2 heterocycles. The molecule has 14 heavy (non-hydrogen) atoms. The van der Waals surface area contributed by atoms with E-state index < -0.39 is 0 Å². The molecule has 1 atom stereocenters. The van der Waals surface area contributed by atoms with Crippen LogP contribution in [0.15, 0.2) is 0 Å². The van der Waals surface area contributed by atoms with E-state index in [9.17, 15) is 0 Å². The Morgan fingerprint density at radius 1 is 1.29 bits per heavy atom. The molecular formula is C8H12ClN5. The van der Waals surface area contributed by atoms with Gasteiger partial charge in [0.2, 0.25) is 11.2 Å². The summed E-state index contributed by atoms with van der Waals surface area (Å²) in [7, 11) is 0. The van der Waals surface area contributed by atoms with Gasteiger partial charge in [0, 0.05) is 0 Å². The number of nitrogen functional groups attached to an aromatic ring is 1. The molecule has 1 saturated heterocycles. The van der Waals surface area contributed by atoms with Crippen molar-refractivity contribution in [3.63, 3.8) is 0 Å². The third-order valence-corrected chi connectivity index (χ3v) is 2.43. The van der Waals surface area contributed by atoms with Gasteiger partial charge in [0.1, 0.15) is 0 Å². The maximum atomic E-state index is 5.70. The van der Waals surface area contributed by atoms with Crippen molar-refractivity contribution in [3.8, 4) is 0 Å². The quantitative estimate of drug-likeness (QED) is 0.726. The first-order chi connectivity index (χ1) is 6.75. The smallest absolute Gasteiger partial charge is 0.227 e. The zero-order chi connectivity index (χ0) is 9.97. The van der Waals surface area contributed by atoms with Crippen molar-refractivity contribution in [3.05, 3.63) is 11.1 Å². The van der Waals surface area contributed by atoms with E-state index in [4.69, 9.17) is 17.3 Å². The Balaban J connectivity index is 2.21. The molecule has 0 radical (unpaired) electrons. The number of hydrogen-bond acceptors (Lipinski definition) is 5. The Hall–Kier alpha value is -0.940. The maximum Gasteiger partial charge on any atom is 0.227 e. The van der Waals surface area contributed by atoms with Gasteiger partial charge in [-0.15, -0.1) is 0 Å². The molecule has 1 aliphatic heterocycles. The summed E-state index contributed by atoms with van der Waals surface area (Å²) >= 11 is 5.70. The Morgan fingerprint density at radius 3 is 2.79 bits per heavy atom. The molecule has 2 rings (SSSR count). The molecule has 6 heteroatoms. The lowest BCUT2D eigenvalue weighted by atomic mass is 10.0. The molecule has 5 nitrogen and oxygen atoms in total. The van der Waals surface area contributed by atoms with Crippen molar-refractivity contribution in [2.45, 2.75) is 25.3 Å². The van der Waals surface area contributed by atoms with Crippen molar-refractivity contribution in [1.82, 2.24) is 20.3 Å². The molecule has 1 unspecified atom stereocenters. The fraction of sp³-hybridized carbons (Fsp3) is 0.625. The molecule has 0 amide bonds. The minimum absolute atomic E-state index is 0.167. The molecule has 0 saturated carbocycles. The topological polar surface area (TPSA) is 76.7 Å². The summed E-state index contributed by atoms with van der Waals surface area (Å²) in [4.78, 5) is 11.8. The van der Waals surface area contributed by atoms with E-state index in [1.54, 1.807) is 0 Å². The normalized spacial score (nSPS) is 22.2. The molecule has 0 aliphatic carbocycles. The summed E-state index contributed by atoms with van der Waals surface area (Å²) < 4.78 is 0. The van der Waals surface area contributed by atoms with Crippen molar-refractivity contribution in [1.29, 1.82) is 0 Å². The van der Waals surface area contributed by atoms with Crippen LogP contribution < -0.4 is 11.1 Å². The fourth-order valence-electron chi connectivity index (χ4n) is 1.61. The first-order valence-electron chi connectivity index (χ1n) is 4.66. The van der Waals surface area contributed by atoms with E-state index in [2.05, 4.69) is 20.3 Å². The molecular weight excluding hydrogens is 202 g/mol. The summed E-state index contributed by atoms with van der Waals surface area (Å²) in [5, 5.41) is 3.49. The van der Waals surface area contributed by atoms with Gasteiger partial charge in [0.25, 0.3) is 0 Å². The average molecular weight is 214 g/mol. The number of nitrogens with zero attached hydrogens (tertiary/aromatic N) is 3. The van der Waals surface area contributed by atoms with Crippen LogP contribution in [-0.4, -0.2) is 21.5 Å². The van der Waals surface area contributed by atoms with E-state index in [1.807, 2.05) is 0 Å². The van der Waals surface area contributed by atoms with E-state index in [0.717, 1.165) is 13.0 Å². The third-order valence-electron chi connectivity index (χ3n) is 2.26. The van der Waals surface area contributed by atoms with Crippen LogP contribution in [0.1, 0.15) is 31.1 Å². The summed E-state index contributed by atoms with van der Waals surface area (Å²) in [6, 6.07) is 0.173. The van der Waals surface area contributed by atoms with Gasteiger partial charge in [-0.25, -0.2) is 4.98 Å². The standard InChI is InChI=1S/C8H12ClN5/c9-7-12-6(13-8(10)14-7)5-3-1-2-4-11-5/h5,11H,1-4H2,(H2,10,12,13,14). The monoisotopic (exact) mass is 213 g/mol. The van der Waals surface area contributed by atoms with Crippen LogP contribution in [0, 0.1) is 0 Å². The van der Waals surface area contributed by atoms with Gasteiger partial charge in [-0.05, 0) is 31.0 Å². The number of anilines is 1. The second-order valence-corrected chi connectivity index (χ2v) is 3.66. The zero-order valence-corrected chi connectivity index (χ0v) is 8.46. The summed E-state index contributed by atoms with van der Waals surface area (Å²) in [6.45, 7) is 0.994. The molecule has 1 aromatic rings. The molecule has 76 valence electrons. The number of nitrogens with two attached hydrogens (primary N) is 1. The number of piperidine rings is 1. The van der Waals surface area contributed by atoms with Gasteiger partial charge in [0.05, 0.1) is 6.04 Å². The van der Waals surface area contributed by atoms with Crippen molar-refractivity contribution < 1.29 is 0 Å². The highest BCUT2D eigenvalue weighted by molar-refractivity contribution is 6.28. The molecule has 3 N–H and O–H groups in total. The van der Waals surface area contributed by atoms with E-state index in [0.29, 0.717) is 5.82 Å². The average Bonchev–Trinajstić information content (AvgIpc) is 2.18. The van der Waals surface area contributed by atoms with E-state index in [-0.39, 0.29) is 17.3 Å². The number of hydrogen-bond donors (Lipinski definition) is 2. The SMILES string of the molecule is Nc1nc(Cl)nc(C2CCCCN2)n1. The summed E-state index contributed by atoms with van der Waals surface area (Å²) in [5.41, 5.74) is 5.49. The molecule has 1 aliphatic rings. The third kappa shape index (κ3) is 2.10. The van der Waals surface area contributed by atoms with Crippen LogP contribution in [0.4, 0.5) is 5.95 Å². The molecule has 1 aromatic heterocycles. The van der Waals surface area contributed by atoms with Crippen LogP contribution in [0.25, 0.3) is 0 Å². The first kappa shape index (κ1) is 9.61. The van der Waals surface area contributed by atoms with Gasteiger partial charge in [-0.1, -0.05) is 6.42 Å². The van der Waals surface area contributed by atoms with Crippen LogP contribution in [-0.2, 0) is 0 Å². The predicted octanol–water partition coefficient (Wildman–Crippen LogP) is 0.922. The van der Waals surface area contributed by atoms with Crippen LogP contribution >= 0.6 is 11.6 Å². The van der Waals surface area contributed by atoms with Gasteiger partial charge in [-0.3, -0.25) is 0 Å². The van der Waals surface area contributed by atoms with Crippen LogP contribution in [0.5, 0.6) is 0 Å². The molecule has 0 spiro atoms. The number of halogens is 1. The summed E-state index contributed by atoms with van der Waals surface area (Å²) in [6.07, 6.45) is 3.41. The molecule has 1 fully saturated rings. The van der Waals surface area contributed by atoms with Gasteiger partial charge in [-0.2, -0.15) is 9.97 Å². The van der Waals surface area contributed by atoms with Gasteiger partial charge >= 0.3 is 0 Å². The maximum absolute atomic E-state index is 5.70. The second kappa shape index (κ2) is 4.06. The summed E-state index contributed by atoms with van der Waals surface area (Å²) in [5.74, 6) is 0.842. The van der Waals surface area contributed by atoms with E-state index >= 15 is 0 Å². The molecule has 0 aromatic carbocycles. The Labute approximate surface area is 87.1 Å². The number of rotatable bonds is 1. The lowest BCUT2D eigenvalue weighted by Gasteiger charge is -2.21. The van der Waals surface area contributed by atoms with Gasteiger partial charge in [0.15, 0.2) is 5.82 Å². The fourth-order valence-corrected chi connectivity index (χ4v) is 1.78. The van der Waals surface area contributed by atoms with Crippen molar-refractivity contribution in [2.24, 2.45) is 0 Å². The lowest BCUT2D eigenvalue weighted by molar-refractivity contribution is 0.397. The number of nitrogens with one attached hydrogen (secondary N) is 1. The number of aromatic nitrogens is 3. The van der Waals surface area contributed by atoms with Crippen LogP contribution in [0.3, 0.4) is 0 Å². The highest BCUT2D eigenvalue weighted by Crippen LogP contribution is 2.20. The highest BCUT2D eigenvalue weighted by Gasteiger charge is 2.18. The minimum Gasteiger partial charge on any atom is -0.368 e. The second-order valence-electron chi connectivity index (χ2n) is 3.32. The van der Waals surface area contributed by atoms with E-state index in [1.165, 1.54) is 12.8 Å². The van der Waals surface area contributed by atoms with Crippen molar-refractivity contribution in [2.75, 3.05) is 12.3 Å². The van der Waals surface area contributed by atoms with Crippen molar-refractivity contribution >= 4 is 17.5 Å².